The lowest BCUT2D eigenvalue weighted by molar-refractivity contribution is -0.122. The molecule has 1 unspecified atom stereocenters. The van der Waals surface area contributed by atoms with Crippen molar-refractivity contribution >= 4 is 133 Å². The van der Waals surface area contributed by atoms with E-state index < -0.39 is 102 Å². The molecule has 27 nitrogen and oxygen atoms in total. The summed E-state index contributed by atoms with van der Waals surface area (Å²) in [6.07, 6.45) is 12.9. The first-order valence-corrected chi connectivity index (χ1v) is 40.4. The second-order valence-electron chi connectivity index (χ2n) is 28.9. The maximum Gasteiger partial charge on any atom is 0.258 e. The molecule has 3 fully saturated rings. The summed E-state index contributed by atoms with van der Waals surface area (Å²) in [6, 6.07) is 20.9. The van der Waals surface area contributed by atoms with Crippen LogP contribution in [0.2, 0.25) is 0 Å². The number of fused-ring (bicyclic) bond motifs is 3. The van der Waals surface area contributed by atoms with Crippen LogP contribution in [0.4, 0.5) is 94.6 Å². The van der Waals surface area contributed by atoms with Crippen LogP contribution in [0.5, 0.6) is 0 Å². The van der Waals surface area contributed by atoms with Gasteiger partial charge in [-0.15, -0.1) is 0 Å². The SMILES string of the molecule is CC1=Nc2c(Nc3ccc(-c4cncn4C)cc3N(C)S(C)(=O)=O)cc(CC(=O)C3CC3(F)F)nc2C1.CC1=Nc2c(Nc3ccc(-c4cncn4C)cc3N(C)S(C)(=O)=O)cc(CC(=O)[C@@H]3CC3(F)F)nc2C1.CC1=Nc2c(Nc3ccc(-c4cncn4C)cc3N(C)S(C)(=O)=O)cc(CC(=O)[C@H]3CC3(F)F)nc2C1. The van der Waals surface area contributed by atoms with Gasteiger partial charge in [0.15, 0.2) is 0 Å². The second-order valence-corrected chi connectivity index (χ2v) is 34.9. The van der Waals surface area contributed by atoms with Crippen LogP contribution >= 0.6 is 0 Å². The van der Waals surface area contributed by atoms with Crippen LogP contribution in [0.25, 0.3) is 33.8 Å². The molecule has 0 saturated heterocycles. The van der Waals surface area contributed by atoms with Gasteiger partial charge in [-0.3, -0.25) is 57.2 Å². The second kappa shape index (κ2) is 29.0. The summed E-state index contributed by atoms with van der Waals surface area (Å²) >= 11 is 0. The van der Waals surface area contributed by atoms with Crippen LogP contribution in [0.1, 0.15) is 74.2 Å². The maximum absolute atomic E-state index is 13.4. The lowest BCUT2D eigenvalue weighted by Crippen LogP contribution is -2.25. The Hall–Kier alpha value is -11.0. The van der Waals surface area contributed by atoms with Crippen LogP contribution in [-0.2, 0) is 104 Å². The molecule has 3 aliphatic heterocycles. The monoisotopic (exact) mass is 1580 g/mol. The number of nitrogens with zero attached hydrogens (tertiary/aromatic N) is 15. The summed E-state index contributed by atoms with van der Waals surface area (Å²) in [4.78, 5) is 76.9. The number of anilines is 9. The van der Waals surface area contributed by atoms with Gasteiger partial charge in [0, 0.05) is 134 Å². The van der Waals surface area contributed by atoms with Gasteiger partial charge in [-0.1, -0.05) is 18.2 Å². The summed E-state index contributed by atoms with van der Waals surface area (Å²) in [5, 5.41) is 9.82. The van der Waals surface area contributed by atoms with Gasteiger partial charge in [-0.25, -0.2) is 66.5 Å². The number of hydrogen-bond donors (Lipinski definition) is 3. The van der Waals surface area contributed by atoms with Crippen LogP contribution in [0, 0.1) is 17.8 Å². The summed E-state index contributed by atoms with van der Waals surface area (Å²) in [6.45, 7) is 5.56. The number of carbonyl (C=O) groups is 3. The molecule has 9 heterocycles. The average Bonchev–Trinajstić information content (AvgIpc) is 1.51. The number of aryl methyl sites for hydroxylation is 3. The van der Waals surface area contributed by atoms with E-state index >= 15 is 0 Å². The Morgan fingerprint density at radius 3 is 0.874 bits per heavy atom. The van der Waals surface area contributed by atoms with E-state index in [-0.39, 0.29) is 19.3 Å². The predicted molar refractivity (Wildman–Crippen MR) is 413 cm³/mol. The van der Waals surface area contributed by atoms with Crippen molar-refractivity contribution in [3.63, 3.8) is 0 Å². The lowest BCUT2D eigenvalue weighted by atomic mass is 10.1. The maximum atomic E-state index is 13.4. The first-order valence-electron chi connectivity index (χ1n) is 34.9. The fourth-order valence-electron chi connectivity index (χ4n) is 13.3. The van der Waals surface area contributed by atoms with Crippen LogP contribution in [-0.4, -0.2) is 161 Å². The molecule has 9 aromatic rings. The highest BCUT2D eigenvalue weighted by Crippen LogP contribution is 2.53. The number of aliphatic imine (C=N–C) groups is 3. The molecule has 36 heteroatoms. The van der Waals surface area contributed by atoms with Gasteiger partial charge in [0.2, 0.25) is 30.1 Å². The van der Waals surface area contributed by atoms with E-state index in [0.29, 0.717) is 122 Å². The third-order valence-electron chi connectivity index (χ3n) is 19.9. The zero-order chi connectivity index (χ0) is 80.1. The van der Waals surface area contributed by atoms with E-state index in [1.165, 1.54) is 34.1 Å². The normalized spacial score (nSPS) is 17.8. The fourth-order valence-corrected chi connectivity index (χ4v) is 14.8. The molecule has 3 saturated carbocycles. The number of ketones is 3. The number of alkyl halides is 6. The molecule has 111 heavy (non-hydrogen) atoms. The average molecular weight is 1590 g/mol. The Bertz CT molecular complexity index is 5250. The number of Topliss-reactive ketones (excluding diaryl/α,β-unsaturated/α-hetero) is 3. The summed E-state index contributed by atoms with van der Waals surface area (Å²) < 4.78 is 164. The van der Waals surface area contributed by atoms with Gasteiger partial charge in [0.05, 0.1) is 177 Å². The molecule has 3 N–H and O–H groups in total. The Balaban J connectivity index is 0.000000146. The minimum absolute atomic E-state index is 0.212. The van der Waals surface area contributed by atoms with Crippen LogP contribution < -0.4 is 28.9 Å². The molecule has 3 atom stereocenters. The highest BCUT2D eigenvalue weighted by molar-refractivity contribution is 7.92. The molecule has 0 bridgehead atoms. The van der Waals surface area contributed by atoms with Crippen molar-refractivity contribution in [2.45, 2.75) is 96.3 Å². The van der Waals surface area contributed by atoms with Gasteiger partial charge in [-0.2, -0.15) is 0 Å². The number of halogens is 6. The molecule has 0 spiro atoms. The Kier molecular flexibility index (Phi) is 20.4. The summed E-state index contributed by atoms with van der Waals surface area (Å²) in [5.41, 5.74) is 16.1. The Labute approximate surface area is 636 Å². The van der Waals surface area contributed by atoms with Crippen LogP contribution in [0.3, 0.4) is 0 Å². The van der Waals surface area contributed by atoms with Gasteiger partial charge < -0.3 is 29.7 Å². The quantitative estimate of drug-likeness (QED) is 0.0473. The largest absolute Gasteiger partial charge is 0.352 e. The van der Waals surface area contributed by atoms with E-state index in [2.05, 4.69) is 60.8 Å². The number of benzene rings is 3. The fraction of sp³-hybridized carbons (Fsp3) is 0.360. The molecule has 6 aromatic heterocycles. The van der Waals surface area contributed by atoms with Gasteiger partial charge in [-0.05, 0) is 75.4 Å². The van der Waals surface area contributed by atoms with E-state index in [0.717, 1.165) is 69.7 Å². The summed E-state index contributed by atoms with van der Waals surface area (Å²) in [5.74, 6) is -14.2. The number of hydrogen-bond acceptors (Lipinski definition) is 21. The molecule has 6 aliphatic rings. The number of sulfonamides is 3. The molecule has 15 rings (SSSR count). The molecule has 582 valence electrons. The summed E-state index contributed by atoms with van der Waals surface area (Å²) in [7, 11) is -0.918. The number of pyridine rings is 3. The third kappa shape index (κ3) is 16.9. The van der Waals surface area contributed by atoms with Gasteiger partial charge >= 0.3 is 0 Å². The van der Waals surface area contributed by atoms with E-state index in [1.54, 1.807) is 92.2 Å². The number of imidazole rings is 3. The zero-order valence-electron chi connectivity index (χ0n) is 62.4. The van der Waals surface area contributed by atoms with Crippen molar-refractivity contribution in [2.75, 3.05) is 68.8 Å². The van der Waals surface area contributed by atoms with Gasteiger partial charge in [0.1, 0.15) is 34.4 Å². The van der Waals surface area contributed by atoms with E-state index in [4.69, 9.17) is 0 Å². The Morgan fingerprint density at radius 1 is 0.423 bits per heavy atom. The molecular weight excluding hydrogens is 1510 g/mol. The van der Waals surface area contributed by atoms with Crippen molar-refractivity contribution in [1.82, 2.24) is 43.6 Å². The van der Waals surface area contributed by atoms with Crippen molar-refractivity contribution in [1.29, 1.82) is 0 Å². The highest BCUT2D eigenvalue weighted by atomic mass is 32.2. The Morgan fingerprint density at radius 2 is 0.667 bits per heavy atom. The molecular formula is C75H78F6N18O9S3. The van der Waals surface area contributed by atoms with Crippen LogP contribution in [0.15, 0.2) is 125 Å². The first kappa shape index (κ1) is 78.1. The number of rotatable bonds is 24. The molecule has 0 amide bonds. The smallest absolute Gasteiger partial charge is 0.258 e. The first-order chi connectivity index (χ1) is 52.0. The van der Waals surface area contributed by atoms with Crippen molar-refractivity contribution in [2.24, 2.45) is 53.9 Å². The zero-order valence-corrected chi connectivity index (χ0v) is 64.8. The topological polar surface area (TPSA) is 329 Å². The molecule has 3 aliphatic carbocycles. The standard InChI is InChI=1S/3C25H26F2N6O3S/c3*1-14-7-19-24(29-14)20(9-16(30-19)10-23(34)17-11-25(17,26)27)31-18-6-5-15(22-12-28-13-32(22)2)8-21(18)33(3)37(4,35)36/h3*5-6,8-9,12-13,17H,7,10-11H2,1-4H3,(H,30,31)/t2*17-;/m10./s1. The number of nitrogens with one attached hydrogen (secondary N) is 3. The van der Waals surface area contributed by atoms with Gasteiger partial charge in [0.25, 0.3) is 17.8 Å². The minimum atomic E-state index is -3.61. The number of carbonyl (C=O) groups excluding carboxylic acids is 3. The van der Waals surface area contributed by atoms with Crippen molar-refractivity contribution in [3.8, 4) is 33.8 Å². The highest BCUT2D eigenvalue weighted by Gasteiger charge is 2.62. The van der Waals surface area contributed by atoms with Crippen molar-refractivity contribution in [3.05, 3.63) is 145 Å². The molecule has 3 aromatic carbocycles. The van der Waals surface area contributed by atoms with E-state index in [9.17, 15) is 66.0 Å². The molecule has 0 radical (unpaired) electrons. The van der Waals surface area contributed by atoms with Crippen molar-refractivity contribution < 1.29 is 66.0 Å². The lowest BCUT2D eigenvalue weighted by Gasteiger charge is -2.23. The minimum Gasteiger partial charge on any atom is -0.352 e. The third-order valence-corrected chi connectivity index (χ3v) is 23.5. The van der Waals surface area contributed by atoms with E-state index in [1.807, 2.05) is 73.8 Å². The number of aromatic nitrogens is 9. The predicted octanol–water partition coefficient (Wildman–Crippen LogP) is 12.1.